The molecule has 0 radical (unpaired) electrons. The van der Waals surface area contributed by atoms with Gasteiger partial charge in [0.2, 0.25) is 0 Å². The maximum Gasteiger partial charge on any atom is 0.311 e. The lowest BCUT2D eigenvalue weighted by molar-refractivity contribution is -0.175. The van der Waals surface area contributed by atoms with Crippen LogP contribution in [0.3, 0.4) is 0 Å². The Morgan fingerprint density at radius 2 is 1.58 bits per heavy atom. The molecule has 0 saturated heterocycles. The summed E-state index contributed by atoms with van der Waals surface area (Å²) in [5, 5.41) is 0. The quantitative estimate of drug-likeness (QED) is 0.361. The van der Waals surface area contributed by atoms with E-state index in [1.807, 2.05) is 6.92 Å². The van der Waals surface area contributed by atoms with Crippen LogP contribution in [0.1, 0.15) is 64.7 Å². The van der Waals surface area contributed by atoms with E-state index in [2.05, 4.69) is 0 Å². The number of fused-ring (bicyclic) bond motifs is 9. The zero-order valence-electron chi connectivity index (χ0n) is 18.6. The van der Waals surface area contributed by atoms with Crippen LogP contribution >= 0.6 is 0 Å². The molecule has 0 heterocycles. The van der Waals surface area contributed by atoms with Crippen LogP contribution in [0.5, 0.6) is 0 Å². The molecular formula is C26H36O5. The highest BCUT2D eigenvalue weighted by molar-refractivity contribution is 5.73. The third kappa shape index (κ3) is 2.77. The second-order valence-corrected chi connectivity index (χ2v) is 12.1. The van der Waals surface area contributed by atoms with E-state index < -0.39 is 0 Å². The summed E-state index contributed by atoms with van der Waals surface area (Å²) in [4.78, 5) is 24.9. The normalized spacial score (nSPS) is 54.5. The molecule has 0 aliphatic heterocycles. The minimum atomic E-state index is -0.0698. The molecule has 8 aliphatic carbocycles. The summed E-state index contributed by atoms with van der Waals surface area (Å²) in [5.41, 5.74) is 0. The highest BCUT2D eigenvalue weighted by Crippen LogP contribution is 2.69. The van der Waals surface area contributed by atoms with Crippen LogP contribution in [0.4, 0.5) is 0 Å². The summed E-state index contributed by atoms with van der Waals surface area (Å²) < 4.78 is 17.7. The SMILES string of the molecule is CCC(=O)OC1CC2CC1C1C3CC(CC3C(=O)OCOC3C4CC5CC(C4)C3C5)C21. The summed E-state index contributed by atoms with van der Waals surface area (Å²) in [7, 11) is 0. The molecule has 0 amide bonds. The maximum atomic E-state index is 13.0. The molecule has 0 aromatic rings. The number of carbonyl (C=O) groups is 2. The topological polar surface area (TPSA) is 61.8 Å². The van der Waals surface area contributed by atoms with Gasteiger partial charge in [-0.15, -0.1) is 0 Å². The fraction of sp³-hybridized carbons (Fsp3) is 0.923. The fourth-order valence-electron chi connectivity index (χ4n) is 10.4. The van der Waals surface area contributed by atoms with Crippen LogP contribution in [0.2, 0.25) is 0 Å². The van der Waals surface area contributed by atoms with Crippen molar-refractivity contribution in [3.8, 4) is 0 Å². The minimum absolute atomic E-state index is 0.0247. The molecule has 5 heteroatoms. The molecule has 8 bridgehead atoms. The molecule has 31 heavy (non-hydrogen) atoms. The van der Waals surface area contributed by atoms with E-state index in [0.717, 1.165) is 36.5 Å². The second kappa shape index (κ2) is 6.95. The van der Waals surface area contributed by atoms with Crippen LogP contribution in [0.15, 0.2) is 0 Å². The molecule has 13 atom stereocenters. The molecule has 0 N–H and O–H groups in total. The van der Waals surface area contributed by atoms with Crippen molar-refractivity contribution in [2.75, 3.05) is 6.79 Å². The monoisotopic (exact) mass is 428 g/mol. The van der Waals surface area contributed by atoms with Crippen molar-refractivity contribution in [1.82, 2.24) is 0 Å². The van der Waals surface area contributed by atoms with Crippen molar-refractivity contribution in [3.63, 3.8) is 0 Å². The first-order chi connectivity index (χ1) is 15.1. The molecular weight excluding hydrogens is 392 g/mol. The number of carbonyl (C=O) groups excluding carboxylic acids is 2. The van der Waals surface area contributed by atoms with Gasteiger partial charge in [0.15, 0.2) is 6.79 Å². The van der Waals surface area contributed by atoms with Crippen LogP contribution in [0, 0.1) is 65.1 Å². The largest absolute Gasteiger partial charge is 0.462 e. The van der Waals surface area contributed by atoms with Crippen molar-refractivity contribution in [1.29, 1.82) is 0 Å². The van der Waals surface area contributed by atoms with Crippen LogP contribution < -0.4 is 0 Å². The molecule has 5 nitrogen and oxygen atoms in total. The Labute approximate surface area is 184 Å². The molecule has 0 aromatic heterocycles. The smallest absolute Gasteiger partial charge is 0.311 e. The maximum absolute atomic E-state index is 13.0. The molecule has 8 rings (SSSR count). The van der Waals surface area contributed by atoms with Crippen molar-refractivity contribution in [2.45, 2.75) is 76.9 Å². The lowest BCUT2D eigenvalue weighted by Crippen LogP contribution is -2.42. The van der Waals surface area contributed by atoms with E-state index in [4.69, 9.17) is 14.2 Å². The van der Waals surface area contributed by atoms with E-state index >= 15 is 0 Å². The first-order valence-electron chi connectivity index (χ1n) is 13.1. The average Bonchev–Trinajstić information content (AvgIpc) is 3.57. The van der Waals surface area contributed by atoms with E-state index in [-0.39, 0.29) is 30.8 Å². The number of esters is 2. The van der Waals surface area contributed by atoms with Crippen molar-refractivity contribution < 1.29 is 23.8 Å². The lowest BCUT2D eigenvalue weighted by atomic mass is 9.67. The minimum Gasteiger partial charge on any atom is -0.462 e. The highest BCUT2D eigenvalue weighted by atomic mass is 16.7. The van der Waals surface area contributed by atoms with Crippen LogP contribution in [0.25, 0.3) is 0 Å². The van der Waals surface area contributed by atoms with Crippen molar-refractivity contribution in [2.24, 2.45) is 65.1 Å². The van der Waals surface area contributed by atoms with Gasteiger partial charge in [0.1, 0.15) is 6.10 Å². The number of hydrogen-bond acceptors (Lipinski definition) is 5. The predicted molar refractivity (Wildman–Crippen MR) is 111 cm³/mol. The summed E-state index contributed by atoms with van der Waals surface area (Å²) in [6, 6.07) is 0. The number of rotatable bonds is 6. The van der Waals surface area contributed by atoms with Crippen LogP contribution in [-0.2, 0) is 23.8 Å². The van der Waals surface area contributed by atoms with Gasteiger partial charge in [0.05, 0.1) is 12.0 Å². The Bertz CT molecular complexity index is 776. The van der Waals surface area contributed by atoms with Gasteiger partial charge < -0.3 is 14.2 Å². The first kappa shape index (κ1) is 19.4. The summed E-state index contributed by atoms with van der Waals surface area (Å²) in [6.07, 6.45) is 10.7. The summed E-state index contributed by atoms with van der Waals surface area (Å²) >= 11 is 0. The molecule has 0 aromatic carbocycles. The third-order valence-corrected chi connectivity index (χ3v) is 11.1. The molecule has 8 saturated carbocycles. The van der Waals surface area contributed by atoms with E-state index in [1.165, 1.54) is 38.5 Å². The van der Waals surface area contributed by atoms with Gasteiger partial charge in [-0.1, -0.05) is 6.92 Å². The van der Waals surface area contributed by atoms with Gasteiger partial charge in [-0.05, 0) is 111 Å². The average molecular weight is 429 g/mol. The standard InChI is InChI=1S/C26H36O5/c1-2-22(27)31-21-10-15-9-20(21)24-18-7-14(23(15)24)8-19(18)26(28)30-11-29-25-16-4-12-3-13(6-16)17(25)5-12/h12-21,23-25H,2-11H2,1H3. The van der Waals surface area contributed by atoms with Gasteiger partial charge in [-0.2, -0.15) is 0 Å². The molecule has 0 spiro atoms. The Kier molecular flexibility index (Phi) is 4.34. The summed E-state index contributed by atoms with van der Waals surface area (Å²) in [5.74, 6) is 6.79. The van der Waals surface area contributed by atoms with Crippen molar-refractivity contribution in [3.05, 3.63) is 0 Å². The lowest BCUT2D eigenvalue weighted by Gasteiger charge is -2.40. The van der Waals surface area contributed by atoms with Gasteiger partial charge in [0.25, 0.3) is 0 Å². The Hall–Kier alpha value is -1.10. The van der Waals surface area contributed by atoms with E-state index in [1.54, 1.807) is 0 Å². The molecule has 8 fully saturated rings. The van der Waals surface area contributed by atoms with E-state index in [0.29, 0.717) is 48.0 Å². The number of hydrogen-bond donors (Lipinski definition) is 0. The van der Waals surface area contributed by atoms with Gasteiger partial charge in [-0.3, -0.25) is 9.59 Å². The third-order valence-electron chi connectivity index (χ3n) is 11.1. The zero-order chi connectivity index (χ0) is 20.9. The van der Waals surface area contributed by atoms with E-state index in [9.17, 15) is 9.59 Å². The molecule has 170 valence electrons. The fourth-order valence-corrected chi connectivity index (χ4v) is 10.4. The van der Waals surface area contributed by atoms with Gasteiger partial charge >= 0.3 is 11.9 Å². The molecule has 8 aliphatic rings. The predicted octanol–water partition coefficient (Wildman–Crippen LogP) is 4.19. The Morgan fingerprint density at radius 3 is 2.42 bits per heavy atom. The van der Waals surface area contributed by atoms with Crippen molar-refractivity contribution >= 4 is 11.9 Å². The molecule has 13 unspecified atom stereocenters. The van der Waals surface area contributed by atoms with Gasteiger partial charge in [-0.25, -0.2) is 0 Å². The Morgan fingerprint density at radius 1 is 0.774 bits per heavy atom. The zero-order valence-corrected chi connectivity index (χ0v) is 18.6. The number of ether oxygens (including phenoxy) is 3. The highest BCUT2D eigenvalue weighted by Gasteiger charge is 2.66. The first-order valence-corrected chi connectivity index (χ1v) is 13.1. The summed E-state index contributed by atoms with van der Waals surface area (Å²) in [6.45, 7) is 2.02. The second-order valence-electron chi connectivity index (χ2n) is 12.1. The van der Waals surface area contributed by atoms with Crippen LogP contribution in [-0.4, -0.2) is 30.9 Å². The van der Waals surface area contributed by atoms with Gasteiger partial charge in [0, 0.05) is 6.42 Å². The Balaban J connectivity index is 0.966.